The summed E-state index contributed by atoms with van der Waals surface area (Å²) in [5.41, 5.74) is 10.6. The van der Waals surface area contributed by atoms with Crippen LogP contribution in [-0.4, -0.2) is 9.55 Å². The van der Waals surface area contributed by atoms with Gasteiger partial charge >= 0.3 is 0 Å². The van der Waals surface area contributed by atoms with E-state index in [2.05, 4.69) is 22.5 Å². The van der Waals surface area contributed by atoms with Crippen LogP contribution in [0, 0.1) is 6.92 Å². The van der Waals surface area contributed by atoms with Crippen molar-refractivity contribution in [3.63, 3.8) is 0 Å². The summed E-state index contributed by atoms with van der Waals surface area (Å²) in [4.78, 5) is 4.66. The maximum atomic E-state index is 6.41. The average Bonchev–Trinajstić information content (AvgIpc) is 2.76. The molecule has 0 aliphatic heterocycles. The van der Waals surface area contributed by atoms with Gasteiger partial charge in [0.1, 0.15) is 5.82 Å². The summed E-state index contributed by atoms with van der Waals surface area (Å²) < 4.78 is 2.11. The SMILES string of the molecule is CCc1nc2cc(N)ccc2n1-c1ccc(C)cc1Cl. The van der Waals surface area contributed by atoms with Gasteiger partial charge in [0.15, 0.2) is 0 Å². The van der Waals surface area contributed by atoms with E-state index in [0.717, 1.165) is 45.2 Å². The molecular weight excluding hydrogens is 270 g/mol. The van der Waals surface area contributed by atoms with Crippen molar-refractivity contribution in [2.24, 2.45) is 0 Å². The zero-order valence-corrected chi connectivity index (χ0v) is 12.3. The predicted molar refractivity (Wildman–Crippen MR) is 84.6 cm³/mol. The third kappa shape index (κ3) is 2.04. The highest BCUT2D eigenvalue weighted by Gasteiger charge is 2.13. The highest BCUT2D eigenvalue weighted by molar-refractivity contribution is 6.32. The second kappa shape index (κ2) is 4.84. The number of anilines is 1. The second-order valence-corrected chi connectivity index (χ2v) is 5.33. The topological polar surface area (TPSA) is 43.8 Å². The van der Waals surface area contributed by atoms with Crippen LogP contribution in [-0.2, 0) is 6.42 Å². The standard InChI is InChI=1S/C16H16ClN3/c1-3-16-19-13-9-11(18)5-7-15(13)20(16)14-6-4-10(2)8-12(14)17/h4-9H,3,18H2,1-2H3. The van der Waals surface area contributed by atoms with E-state index in [0.29, 0.717) is 0 Å². The number of benzene rings is 2. The average molecular weight is 286 g/mol. The summed E-state index contributed by atoms with van der Waals surface area (Å²) in [6.07, 6.45) is 0.832. The molecular formula is C16H16ClN3. The van der Waals surface area contributed by atoms with Crippen molar-refractivity contribution >= 4 is 28.3 Å². The van der Waals surface area contributed by atoms with Crippen molar-refractivity contribution in [1.82, 2.24) is 9.55 Å². The molecule has 0 radical (unpaired) electrons. The van der Waals surface area contributed by atoms with Crippen molar-refractivity contribution in [2.75, 3.05) is 5.73 Å². The van der Waals surface area contributed by atoms with E-state index < -0.39 is 0 Å². The number of imidazole rings is 1. The third-order valence-electron chi connectivity index (χ3n) is 3.41. The number of aryl methyl sites for hydroxylation is 2. The summed E-state index contributed by atoms with van der Waals surface area (Å²) in [5, 5.41) is 0.732. The number of hydrogen-bond donors (Lipinski definition) is 1. The van der Waals surface area contributed by atoms with E-state index in [1.165, 1.54) is 0 Å². The Balaban J connectivity index is 2.34. The van der Waals surface area contributed by atoms with Crippen molar-refractivity contribution in [2.45, 2.75) is 20.3 Å². The molecule has 0 saturated heterocycles. The van der Waals surface area contributed by atoms with E-state index in [-0.39, 0.29) is 0 Å². The van der Waals surface area contributed by atoms with Crippen LogP contribution < -0.4 is 5.73 Å². The number of nitrogen functional groups attached to an aromatic ring is 1. The predicted octanol–water partition coefficient (Wildman–Crippen LogP) is 4.13. The lowest BCUT2D eigenvalue weighted by Crippen LogP contribution is -2.01. The van der Waals surface area contributed by atoms with Crippen LogP contribution in [0.15, 0.2) is 36.4 Å². The maximum Gasteiger partial charge on any atom is 0.114 e. The summed E-state index contributed by atoms with van der Waals surface area (Å²) in [6, 6.07) is 11.8. The van der Waals surface area contributed by atoms with Crippen LogP contribution in [0.5, 0.6) is 0 Å². The fourth-order valence-corrected chi connectivity index (χ4v) is 2.77. The Bertz CT molecular complexity index is 790. The Labute approximate surface area is 123 Å². The number of hydrogen-bond acceptors (Lipinski definition) is 2. The van der Waals surface area contributed by atoms with Gasteiger partial charge in [-0.2, -0.15) is 0 Å². The Morgan fingerprint density at radius 3 is 2.70 bits per heavy atom. The minimum absolute atomic E-state index is 0.722. The first-order valence-electron chi connectivity index (χ1n) is 6.63. The molecule has 0 aliphatic rings. The number of aromatic nitrogens is 2. The lowest BCUT2D eigenvalue weighted by molar-refractivity contribution is 0.908. The lowest BCUT2D eigenvalue weighted by atomic mass is 10.2. The van der Waals surface area contributed by atoms with Gasteiger partial charge in [-0.15, -0.1) is 0 Å². The Kier molecular flexibility index (Phi) is 3.14. The molecule has 0 atom stereocenters. The monoisotopic (exact) mass is 285 g/mol. The highest BCUT2D eigenvalue weighted by Crippen LogP contribution is 2.28. The number of fused-ring (bicyclic) bond motifs is 1. The van der Waals surface area contributed by atoms with Crippen molar-refractivity contribution in [1.29, 1.82) is 0 Å². The molecule has 0 fully saturated rings. The summed E-state index contributed by atoms with van der Waals surface area (Å²) in [6.45, 7) is 4.12. The van der Waals surface area contributed by atoms with Gasteiger partial charge in [0, 0.05) is 12.1 Å². The molecule has 20 heavy (non-hydrogen) atoms. The molecule has 1 aromatic heterocycles. The maximum absolute atomic E-state index is 6.41. The first-order chi connectivity index (χ1) is 9.60. The third-order valence-corrected chi connectivity index (χ3v) is 3.71. The lowest BCUT2D eigenvalue weighted by Gasteiger charge is -2.11. The van der Waals surface area contributed by atoms with Crippen molar-refractivity contribution < 1.29 is 0 Å². The van der Waals surface area contributed by atoms with E-state index in [1.807, 2.05) is 37.3 Å². The molecule has 0 amide bonds. The molecule has 2 aromatic carbocycles. The molecule has 0 bridgehead atoms. The van der Waals surface area contributed by atoms with Gasteiger partial charge in [0.05, 0.1) is 21.7 Å². The van der Waals surface area contributed by atoms with Crippen LogP contribution in [0.3, 0.4) is 0 Å². The molecule has 102 valence electrons. The van der Waals surface area contributed by atoms with Crippen LogP contribution in [0.4, 0.5) is 5.69 Å². The molecule has 0 unspecified atom stereocenters. The smallest absolute Gasteiger partial charge is 0.114 e. The van der Waals surface area contributed by atoms with Gasteiger partial charge in [-0.05, 0) is 42.8 Å². The number of halogens is 1. The van der Waals surface area contributed by atoms with Gasteiger partial charge in [-0.3, -0.25) is 4.57 Å². The number of nitrogens with zero attached hydrogens (tertiary/aromatic N) is 2. The molecule has 4 heteroatoms. The molecule has 0 aliphatic carbocycles. The Morgan fingerprint density at radius 1 is 1.20 bits per heavy atom. The molecule has 3 aromatic rings. The molecule has 2 N–H and O–H groups in total. The van der Waals surface area contributed by atoms with E-state index in [1.54, 1.807) is 0 Å². The van der Waals surface area contributed by atoms with E-state index in [9.17, 15) is 0 Å². The highest BCUT2D eigenvalue weighted by atomic mass is 35.5. The number of rotatable bonds is 2. The van der Waals surface area contributed by atoms with Gasteiger partial charge in [-0.1, -0.05) is 24.6 Å². The van der Waals surface area contributed by atoms with Gasteiger partial charge in [0.25, 0.3) is 0 Å². The van der Waals surface area contributed by atoms with Crippen LogP contribution in [0.2, 0.25) is 5.02 Å². The molecule has 3 nitrogen and oxygen atoms in total. The van der Waals surface area contributed by atoms with Crippen molar-refractivity contribution in [3.8, 4) is 5.69 Å². The normalized spacial score (nSPS) is 11.2. The van der Waals surface area contributed by atoms with Gasteiger partial charge in [0.2, 0.25) is 0 Å². The van der Waals surface area contributed by atoms with Crippen LogP contribution in [0.1, 0.15) is 18.3 Å². The fraction of sp³-hybridized carbons (Fsp3) is 0.188. The quantitative estimate of drug-likeness (QED) is 0.720. The van der Waals surface area contributed by atoms with Crippen LogP contribution in [0.25, 0.3) is 16.7 Å². The molecule has 1 heterocycles. The molecule has 0 saturated carbocycles. The van der Waals surface area contributed by atoms with E-state index >= 15 is 0 Å². The van der Waals surface area contributed by atoms with E-state index in [4.69, 9.17) is 17.3 Å². The largest absolute Gasteiger partial charge is 0.399 e. The molecule has 0 spiro atoms. The first-order valence-corrected chi connectivity index (χ1v) is 7.01. The van der Waals surface area contributed by atoms with Gasteiger partial charge < -0.3 is 5.73 Å². The Hall–Kier alpha value is -2.00. The second-order valence-electron chi connectivity index (χ2n) is 4.92. The minimum Gasteiger partial charge on any atom is -0.399 e. The zero-order valence-electron chi connectivity index (χ0n) is 11.5. The first kappa shape index (κ1) is 13.0. The van der Waals surface area contributed by atoms with Crippen LogP contribution >= 0.6 is 11.6 Å². The number of nitrogens with two attached hydrogens (primary N) is 1. The summed E-state index contributed by atoms with van der Waals surface area (Å²) in [7, 11) is 0. The van der Waals surface area contributed by atoms with Crippen molar-refractivity contribution in [3.05, 3.63) is 52.8 Å². The van der Waals surface area contributed by atoms with Gasteiger partial charge in [-0.25, -0.2) is 4.98 Å². The molecule has 3 rings (SSSR count). The minimum atomic E-state index is 0.722. The summed E-state index contributed by atoms with van der Waals surface area (Å²) >= 11 is 6.41. The zero-order chi connectivity index (χ0) is 14.3. The fourth-order valence-electron chi connectivity index (χ4n) is 2.45. The Morgan fingerprint density at radius 2 is 2.00 bits per heavy atom. The summed E-state index contributed by atoms with van der Waals surface area (Å²) in [5.74, 6) is 0.983.